The second-order valence-corrected chi connectivity index (χ2v) is 6.48. The second-order valence-electron chi connectivity index (χ2n) is 6.04. The Morgan fingerprint density at radius 2 is 1.81 bits per heavy atom. The molecule has 1 aromatic rings. The third-order valence-corrected chi connectivity index (χ3v) is 4.70. The molecule has 0 heterocycles. The van der Waals surface area contributed by atoms with Crippen LogP contribution in [-0.4, -0.2) is 16.4 Å². The van der Waals surface area contributed by atoms with Gasteiger partial charge >= 0.3 is 0 Å². The zero-order valence-corrected chi connectivity index (χ0v) is 13.5. The number of nitrogens with one attached hydrogen (secondary N) is 1. The highest BCUT2D eigenvalue weighted by Gasteiger charge is 2.35. The third kappa shape index (κ3) is 4.03. The van der Waals surface area contributed by atoms with E-state index in [0.717, 1.165) is 31.2 Å². The maximum atomic E-state index is 12.5. The second kappa shape index (κ2) is 7.03. The van der Waals surface area contributed by atoms with Crippen LogP contribution in [-0.2, 0) is 0 Å². The van der Waals surface area contributed by atoms with Gasteiger partial charge in [0.2, 0.25) is 0 Å². The Hall–Kier alpha value is -1.42. The molecule has 21 heavy (non-hydrogen) atoms. The first-order chi connectivity index (χ1) is 10.0. The standard InChI is InChI=1S/C17H24N2OS/c1-13-8-7-9-14(12-13)15(20)19-17(16(18)21)10-5-3-2-4-6-11-17/h7-9,12H,2-6,10-11H2,1H3,(H2,18,21)(H,19,20). The highest BCUT2D eigenvalue weighted by atomic mass is 32.1. The predicted molar refractivity (Wildman–Crippen MR) is 90.5 cm³/mol. The minimum Gasteiger partial charge on any atom is -0.391 e. The van der Waals surface area contributed by atoms with Crippen molar-refractivity contribution in [2.45, 2.75) is 57.4 Å². The van der Waals surface area contributed by atoms with Gasteiger partial charge in [0, 0.05) is 5.56 Å². The molecule has 1 fully saturated rings. The van der Waals surface area contributed by atoms with Gasteiger partial charge in [-0.2, -0.15) is 0 Å². The Morgan fingerprint density at radius 3 is 2.38 bits per heavy atom. The van der Waals surface area contributed by atoms with Crippen LogP contribution in [0.5, 0.6) is 0 Å². The largest absolute Gasteiger partial charge is 0.391 e. The monoisotopic (exact) mass is 304 g/mol. The van der Waals surface area contributed by atoms with Gasteiger partial charge in [0.1, 0.15) is 0 Å². The predicted octanol–water partition coefficient (Wildman–Crippen LogP) is 3.49. The van der Waals surface area contributed by atoms with Crippen molar-refractivity contribution in [3.05, 3.63) is 35.4 Å². The summed E-state index contributed by atoms with van der Waals surface area (Å²) in [4.78, 5) is 13.0. The van der Waals surface area contributed by atoms with Crippen LogP contribution < -0.4 is 11.1 Å². The molecule has 1 saturated carbocycles. The van der Waals surface area contributed by atoms with E-state index in [1.807, 2.05) is 31.2 Å². The maximum Gasteiger partial charge on any atom is 0.252 e. The Morgan fingerprint density at radius 1 is 1.19 bits per heavy atom. The van der Waals surface area contributed by atoms with Gasteiger partial charge in [0.25, 0.3) is 5.91 Å². The first-order valence-electron chi connectivity index (χ1n) is 7.73. The molecular weight excluding hydrogens is 280 g/mol. The maximum absolute atomic E-state index is 12.5. The Balaban J connectivity index is 2.18. The lowest BCUT2D eigenvalue weighted by Crippen LogP contribution is -2.57. The van der Waals surface area contributed by atoms with Crippen molar-refractivity contribution in [1.82, 2.24) is 5.32 Å². The summed E-state index contributed by atoms with van der Waals surface area (Å²) < 4.78 is 0. The van der Waals surface area contributed by atoms with Gasteiger partial charge in [0.05, 0.1) is 10.5 Å². The molecular formula is C17H24N2OS. The fraction of sp³-hybridized carbons (Fsp3) is 0.529. The normalized spacial score (nSPS) is 18.3. The molecule has 114 valence electrons. The fourth-order valence-electron chi connectivity index (χ4n) is 3.02. The van der Waals surface area contributed by atoms with Crippen molar-refractivity contribution in [3.8, 4) is 0 Å². The zero-order valence-electron chi connectivity index (χ0n) is 12.7. The lowest BCUT2D eigenvalue weighted by atomic mass is 9.83. The molecule has 3 nitrogen and oxygen atoms in total. The van der Waals surface area contributed by atoms with Gasteiger partial charge < -0.3 is 11.1 Å². The van der Waals surface area contributed by atoms with Crippen LogP contribution in [0.3, 0.4) is 0 Å². The fourth-order valence-corrected chi connectivity index (χ4v) is 3.27. The van der Waals surface area contributed by atoms with E-state index in [-0.39, 0.29) is 5.91 Å². The minimum absolute atomic E-state index is 0.0768. The summed E-state index contributed by atoms with van der Waals surface area (Å²) in [5, 5.41) is 3.14. The van der Waals surface area contributed by atoms with Crippen LogP contribution in [0.4, 0.5) is 0 Å². The molecule has 4 heteroatoms. The quantitative estimate of drug-likeness (QED) is 0.840. The van der Waals surface area contributed by atoms with Crippen LogP contribution in [0, 0.1) is 6.92 Å². The van der Waals surface area contributed by atoms with Gasteiger partial charge in [-0.25, -0.2) is 0 Å². The summed E-state index contributed by atoms with van der Waals surface area (Å²) >= 11 is 5.29. The number of hydrogen-bond donors (Lipinski definition) is 2. The van der Waals surface area contributed by atoms with E-state index in [0.29, 0.717) is 10.6 Å². The lowest BCUT2D eigenvalue weighted by molar-refractivity contribution is 0.0912. The molecule has 1 aliphatic carbocycles. The smallest absolute Gasteiger partial charge is 0.252 e. The number of nitrogens with two attached hydrogens (primary N) is 1. The summed E-state index contributed by atoms with van der Waals surface area (Å²) in [6.07, 6.45) is 7.45. The third-order valence-electron chi connectivity index (χ3n) is 4.31. The number of thiocarbonyl (C=S) groups is 1. The van der Waals surface area contributed by atoms with Crippen molar-refractivity contribution in [3.63, 3.8) is 0 Å². The molecule has 1 amide bonds. The van der Waals surface area contributed by atoms with E-state index < -0.39 is 5.54 Å². The molecule has 0 bridgehead atoms. The van der Waals surface area contributed by atoms with Crippen molar-refractivity contribution in [2.24, 2.45) is 5.73 Å². The van der Waals surface area contributed by atoms with Crippen molar-refractivity contribution in [2.75, 3.05) is 0 Å². The molecule has 0 unspecified atom stereocenters. The van der Waals surface area contributed by atoms with E-state index in [2.05, 4.69) is 5.32 Å². The lowest BCUT2D eigenvalue weighted by Gasteiger charge is -2.35. The molecule has 3 N–H and O–H groups in total. The summed E-state index contributed by atoms with van der Waals surface area (Å²) in [5.74, 6) is -0.0768. The van der Waals surface area contributed by atoms with Crippen LogP contribution >= 0.6 is 12.2 Å². The summed E-state index contributed by atoms with van der Waals surface area (Å²) in [6, 6.07) is 7.61. The molecule has 1 aromatic carbocycles. The molecule has 0 atom stereocenters. The molecule has 0 aliphatic heterocycles. The van der Waals surface area contributed by atoms with E-state index in [1.165, 1.54) is 19.3 Å². The molecule has 0 spiro atoms. The van der Waals surface area contributed by atoms with Gasteiger partial charge in [-0.05, 0) is 31.9 Å². The van der Waals surface area contributed by atoms with Crippen LogP contribution in [0.15, 0.2) is 24.3 Å². The average molecular weight is 304 g/mol. The number of aryl methyl sites for hydroxylation is 1. The summed E-state index contributed by atoms with van der Waals surface area (Å²) in [5.41, 5.74) is 7.23. The Kier molecular flexibility index (Phi) is 5.34. The van der Waals surface area contributed by atoms with E-state index in [9.17, 15) is 4.79 Å². The van der Waals surface area contributed by atoms with Crippen LogP contribution in [0.1, 0.15) is 60.9 Å². The van der Waals surface area contributed by atoms with Crippen LogP contribution in [0.25, 0.3) is 0 Å². The highest BCUT2D eigenvalue weighted by molar-refractivity contribution is 7.80. The molecule has 1 aliphatic rings. The van der Waals surface area contributed by atoms with Crippen molar-refractivity contribution in [1.29, 1.82) is 0 Å². The number of benzene rings is 1. The topological polar surface area (TPSA) is 55.1 Å². The van der Waals surface area contributed by atoms with Gasteiger partial charge in [0.15, 0.2) is 0 Å². The minimum atomic E-state index is -0.517. The average Bonchev–Trinajstić information content (AvgIpc) is 2.41. The number of amides is 1. The molecule has 0 aromatic heterocycles. The van der Waals surface area contributed by atoms with E-state index in [1.54, 1.807) is 0 Å². The number of rotatable bonds is 3. The number of carbonyl (C=O) groups is 1. The number of carbonyl (C=O) groups excluding carboxylic acids is 1. The van der Waals surface area contributed by atoms with Gasteiger partial charge in [-0.1, -0.05) is 62.0 Å². The molecule has 0 saturated heterocycles. The Labute approximate surface area is 132 Å². The van der Waals surface area contributed by atoms with Gasteiger partial charge in [-0.3, -0.25) is 4.79 Å². The van der Waals surface area contributed by atoms with Crippen LogP contribution in [0.2, 0.25) is 0 Å². The molecule has 2 rings (SSSR count). The first kappa shape index (κ1) is 16.0. The Bertz CT molecular complexity index is 519. The summed E-state index contributed by atoms with van der Waals surface area (Å²) in [6.45, 7) is 1.98. The van der Waals surface area contributed by atoms with Crippen molar-refractivity contribution < 1.29 is 4.79 Å². The highest BCUT2D eigenvalue weighted by Crippen LogP contribution is 2.27. The van der Waals surface area contributed by atoms with Crippen molar-refractivity contribution >= 4 is 23.1 Å². The zero-order chi connectivity index (χ0) is 15.3. The SMILES string of the molecule is Cc1cccc(C(=O)NC2(C(N)=S)CCCCCCC2)c1. The number of hydrogen-bond acceptors (Lipinski definition) is 2. The van der Waals surface area contributed by atoms with Gasteiger partial charge in [-0.15, -0.1) is 0 Å². The molecule has 0 radical (unpaired) electrons. The van der Waals surface area contributed by atoms with E-state index >= 15 is 0 Å². The summed E-state index contributed by atoms with van der Waals surface area (Å²) in [7, 11) is 0. The first-order valence-corrected chi connectivity index (χ1v) is 8.13. The van der Waals surface area contributed by atoms with E-state index in [4.69, 9.17) is 18.0 Å².